The van der Waals surface area contributed by atoms with E-state index < -0.39 is 0 Å². The molecule has 0 saturated carbocycles. The molecule has 0 atom stereocenters. The van der Waals surface area contributed by atoms with Crippen LogP contribution >= 0.6 is 27.7 Å². The molecule has 0 aliphatic carbocycles. The zero-order valence-corrected chi connectivity index (χ0v) is 22.2. The Morgan fingerprint density at radius 2 is 1.59 bits per heavy atom. The molecule has 0 spiro atoms. The number of fused-ring (bicyclic) bond motifs is 1. The molecule has 2 amide bonds. The van der Waals surface area contributed by atoms with Gasteiger partial charge in [-0.05, 0) is 63.8 Å². The van der Waals surface area contributed by atoms with Crippen molar-refractivity contribution in [2.45, 2.75) is 5.16 Å². The predicted molar refractivity (Wildman–Crippen MR) is 152 cm³/mol. The summed E-state index contributed by atoms with van der Waals surface area (Å²) in [6.45, 7) is 0. The molecule has 4 aromatic carbocycles. The van der Waals surface area contributed by atoms with Crippen LogP contribution < -0.4 is 10.6 Å². The molecule has 5 rings (SSSR count). The maximum atomic E-state index is 12.6. The molecule has 0 aliphatic heterocycles. The van der Waals surface area contributed by atoms with E-state index in [1.165, 1.54) is 11.8 Å². The van der Waals surface area contributed by atoms with Crippen LogP contribution in [0.2, 0.25) is 0 Å². The monoisotopic (exact) mass is 571 g/mol. The molecule has 0 radical (unpaired) electrons. The highest BCUT2D eigenvalue weighted by Gasteiger charge is 2.15. The molecular formula is C28H22BrN5O2S. The first-order chi connectivity index (χ1) is 18.0. The van der Waals surface area contributed by atoms with E-state index in [9.17, 15) is 9.59 Å². The summed E-state index contributed by atoms with van der Waals surface area (Å²) in [5, 5.41) is 17.2. The van der Waals surface area contributed by atoms with Crippen molar-refractivity contribution >= 4 is 61.7 Å². The van der Waals surface area contributed by atoms with Gasteiger partial charge in [-0.25, -0.2) is 0 Å². The van der Waals surface area contributed by atoms with Gasteiger partial charge in [-0.3, -0.25) is 9.59 Å². The summed E-state index contributed by atoms with van der Waals surface area (Å²) in [6.07, 6.45) is 0. The van der Waals surface area contributed by atoms with E-state index in [0.717, 1.165) is 26.5 Å². The third-order valence-corrected chi connectivity index (χ3v) is 7.46. The van der Waals surface area contributed by atoms with E-state index in [1.807, 2.05) is 96.5 Å². The lowest BCUT2D eigenvalue weighted by molar-refractivity contribution is -0.113. The average Bonchev–Trinajstić information content (AvgIpc) is 3.28. The fraction of sp³-hybridized carbons (Fsp3) is 0.0714. The maximum absolute atomic E-state index is 12.6. The number of rotatable bonds is 7. The van der Waals surface area contributed by atoms with Crippen molar-refractivity contribution in [1.29, 1.82) is 0 Å². The summed E-state index contributed by atoms with van der Waals surface area (Å²) >= 11 is 4.73. The highest BCUT2D eigenvalue weighted by atomic mass is 79.9. The van der Waals surface area contributed by atoms with Gasteiger partial charge in [0.1, 0.15) is 0 Å². The van der Waals surface area contributed by atoms with E-state index in [2.05, 4.69) is 36.8 Å². The van der Waals surface area contributed by atoms with Crippen molar-refractivity contribution in [2.75, 3.05) is 16.4 Å². The average molecular weight is 572 g/mol. The van der Waals surface area contributed by atoms with Crippen LogP contribution in [0.4, 0.5) is 11.4 Å². The summed E-state index contributed by atoms with van der Waals surface area (Å²) in [5.74, 6) is 0.561. The number of nitrogens with one attached hydrogen (secondary N) is 2. The van der Waals surface area contributed by atoms with Gasteiger partial charge in [0.2, 0.25) is 5.91 Å². The number of aromatic nitrogens is 3. The van der Waals surface area contributed by atoms with E-state index in [4.69, 9.17) is 0 Å². The minimum Gasteiger partial charge on any atom is -0.325 e. The number of benzene rings is 4. The Morgan fingerprint density at radius 3 is 2.41 bits per heavy atom. The number of halogens is 1. The van der Waals surface area contributed by atoms with Gasteiger partial charge in [0.15, 0.2) is 11.0 Å². The summed E-state index contributed by atoms with van der Waals surface area (Å²) in [6, 6.07) is 28.4. The summed E-state index contributed by atoms with van der Waals surface area (Å²) in [5.41, 5.74) is 2.87. The van der Waals surface area contributed by atoms with Gasteiger partial charge < -0.3 is 15.2 Å². The standard InChI is InChI=1S/C28H22BrN5O2S/c1-34-26(19-13-15-20(16-14-19)30-27(36)22-10-4-5-11-23(22)29)32-33-28(34)37-17-25(35)31-24-12-6-8-18-7-2-3-9-21(18)24/h2-16H,17H2,1H3,(H,30,36)(H,31,35). The number of anilines is 2. The predicted octanol–water partition coefficient (Wildman–Crippen LogP) is 6.38. The van der Waals surface area contributed by atoms with Crippen molar-refractivity contribution in [2.24, 2.45) is 7.05 Å². The molecule has 0 aliphatic rings. The molecule has 1 heterocycles. The van der Waals surface area contributed by atoms with Gasteiger partial charge in [0, 0.05) is 33.8 Å². The second-order valence-electron chi connectivity index (χ2n) is 8.24. The molecule has 7 nitrogen and oxygen atoms in total. The highest BCUT2D eigenvalue weighted by Crippen LogP contribution is 2.26. The molecule has 2 N–H and O–H groups in total. The van der Waals surface area contributed by atoms with Crippen LogP contribution in [0.5, 0.6) is 0 Å². The lowest BCUT2D eigenvalue weighted by atomic mass is 10.1. The Labute approximate surface area is 226 Å². The Kier molecular flexibility index (Phi) is 7.34. The Bertz CT molecular complexity index is 1600. The van der Waals surface area contributed by atoms with Crippen molar-refractivity contribution in [3.8, 4) is 11.4 Å². The number of carbonyl (C=O) groups is 2. The van der Waals surface area contributed by atoms with Crippen LogP contribution in [0.3, 0.4) is 0 Å². The molecule has 1 aromatic heterocycles. The van der Waals surface area contributed by atoms with Gasteiger partial charge in [-0.2, -0.15) is 0 Å². The summed E-state index contributed by atoms with van der Waals surface area (Å²) in [4.78, 5) is 25.2. The minimum absolute atomic E-state index is 0.115. The minimum atomic E-state index is -0.195. The molecule has 0 fully saturated rings. The Hall–Kier alpha value is -3.95. The lowest BCUT2D eigenvalue weighted by Gasteiger charge is -2.09. The summed E-state index contributed by atoms with van der Waals surface area (Å²) < 4.78 is 2.59. The van der Waals surface area contributed by atoms with Crippen LogP contribution in [0.25, 0.3) is 22.2 Å². The van der Waals surface area contributed by atoms with Gasteiger partial charge in [-0.15, -0.1) is 10.2 Å². The Morgan fingerprint density at radius 1 is 0.865 bits per heavy atom. The van der Waals surface area contributed by atoms with E-state index in [-0.39, 0.29) is 17.6 Å². The largest absolute Gasteiger partial charge is 0.325 e. The first-order valence-corrected chi connectivity index (χ1v) is 13.2. The zero-order chi connectivity index (χ0) is 25.8. The van der Waals surface area contributed by atoms with Crippen LogP contribution in [0.1, 0.15) is 10.4 Å². The van der Waals surface area contributed by atoms with E-state index >= 15 is 0 Å². The van der Waals surface area contributed by atoms with Crippen LogP contribution in [0.15, 0.2) is 101 Å². The van der Waals surface area contributed by atoms with Gasteiger partial charge in [0.05, 0.1) is 11.3 Å². The lowest BCUT2D eigenvalue weighted by Crippen LogP contribution is -2.14. The molecule has 0 unspecified atom stereocenters. The highest BCUT2D eigenvalue weighted by molar-refractivity contribution is 9.10. The number of amides is 2. The van der Waals surface area contributed by atoms with Crippen molar-refractivity contribution < 1.29 is 9.59 Å². The van der Waals surface area contributed by atoms with E-state index in [1.54, 1.807) is 6.07 Å². The van der Waals surface area contributed by atoms with Crippen LogP contribution in [0, 0.1) is 0 Å². The zero-order valence-electron chi connectivity index (χ0n) is 19.8. The second-order valence-corrected chi connectivity index (χ2v) is 10.0. The third-order valence-electron chi connectivity index (χ3n) is 5.75. The molecule has 0 saturated heterocycles. The smallest absolute Gasteiger partial charge is 0.256 e. The summed E-state index contributed by atoms with van der Waals surface area (Å²) in [7, 11) is 1.86. The van der Waals surface area contributed by atoms with Gasteiger partial charge >= 0.3 is 0 Å². The topological polar surface area (TPSA) is 88.9 Å². The number of hydrogen-bond acceptors (Lipinski definition) is 5. The van der Waals surface area contributed by atoms with Gasteiger partial charge in [0.25, 0.3) is 5.91 Å². The maximum Gasteiger partial charge on any atom is 0.256 e. The fourth-order valence-corrected chi connectivity index (χ4v) is 5.07. The number of hydrogen-bond donors (Lipinski definition) is 2. The third kappa shape index (κ3) is 5.58. The normalized spacial score (nSPS) is 10.9. The van der Waals surface area contributed by atoms with Crippen LogP contribution in [-0.2, 0) is 11.8 Å². The molecule has 0 bridgehead atoms. The number of thioether (sulfide) groups is 1. The van der Waals surface area contributed by atoms with Gasteiger partial charge in [-0.1, -0.05) is 60.3 Å². The number of nitrogens with zero attached hydrogens (tertiary/aromatic N) is 3. The first kappa shape index (κ1) is 24.7. The second kappa shape index (κ2) is 11.0. The van der Waals surface area contributed by atoms with Crippen molar-refractivity contribution in [3.05, 3.63) is 101 Å². The molecule has 5 aromatic rings. The molecule has 184 valence electrons. The van der Waals surface area contributed by atoms with Crippen LogP contribution in [-0.4, -0.2) is 32.3 Å². The van der Waals surface area contributed by atoms with Crippen molar-refractivity contribution in [3.63, 3.8) is 0 Å². The quantitative estimate of drug-likeness (QED) is 0.221. The Balaban J connectivity index is 1.22. The van der Waals surface area contributed by atoms with E-state index in [0.29, 0.717) is 22.2 Å². The number of carbonyl (C=O) groups excluding carboxylic acids is 2. The molecular weight excluding hydrogens is 550 g/mol. The van der Waals surface area contributed by atoms with Crippen molar-refractivity contribution in [1.82, 2.24) is 14.8 Å². The molecule has 9 heteroatoms. The molecule has 37 heavy (non-hydrogen) atoms. The fourth-order valence-electron chi connectivity index (χ4n) is 3.89. The first-order valence-electron chi connectivity index (χ1n) is 11.5. The SMILES string of the molecule is Cn1c(SCC(=O)Nc2cccc3ccccc23)nnc1-c1ccc(NC(=O)c2ccccc2Br)cc1.